The number of nitrogens with zero attached hydrogens (tertiary/aromatic N) is 1. The zero-order valence-electron chi connectivity index (χ0n) is 7.41. The summed E-state index contributed by atoms with van der Waals surface area (Å²) in [5, 5.41) is 8.56. The average Bonchev–Trinajstić information content (AvgIpc) is 2.17. The van der Waals surface area contributed by atoms with Crippen molar-refractivity contribution in [1.82, 2.24) is 4.98 Å². The third-order valence-corrected chi connectivity index (χ3v) is 2.02. The van der Waals surface area contributed by atoms with E-state index in [2.05, 4.69) is 4.98 Å². The van der Waals surface area contributed by atoms with Gasteiger partial charge in [-0.3, -0.25) is 4.98 Å². The lowest BCUT2D eigenvalue weighted by molar-refractivity contribution is 1.37. The molecule has 0 spiro atoms. The van der Waals surface area contributed by atoms with Gasteiger partial charge in [-0.2, -0.15) is 0 Å². The first-order valence-corrected chi connectivity index (χ1v) is 4.18. The highest BCUT2D eigenvalue weighted by Crippen LogP contribution is 2.12. The van der Waals surface area contributed by atoms with Crippen molar-refractivity contribution in [3.05, 3.63) is 42.1 Å². The van der Waals surface area contributed by atoms with Gasteiger partial charge >= 0.3 is 0 Å². The molecule has 1 heterocycles. The van der Waals surface area contributed by atoms with Gasteiger partial charge in [0.05, 0.1) is 5.52 Å². The van der Waals surface area contributed by atoms with Gasteiger partial charge in [0, 0.05) is 22.9 Å². The van der Waals surface area contributed by atoms with Gasteiger partial charge in [-0.05, 0) is 19.1 Å². The van der Waals surface area contributed by atoms with Gasteiger partial charge in [0.1, 0.15) is 0 Å². The second-order valence-electron chi connectivity index (χ2n) is 3.04. The molecule has 0 bridgehead atoms. The number of aromatic nitrogens is 1. The third-order valence-electron chi connectivity index (χ3n) is 2.02. The number of fused-ring (bicyclic) bond motifs is 1. The molecule has 0 aliphatic rings. The fraction of sp³-hybridized carbons (Fsp3) is 0.0909. The van der Waals surface area contributed by atoms with Crippen LogP contribution in [0.25, 0.3) is 10.9 Å². The Morgan fingerprint density at radius 2 is 2.08 bits per heavy atom. The van der Waals surface area contributed by atoms with E-state index in [1.807, 2.05) is 30.3 Å². The summed E-state index contributed by atoms with van der Waals surface area (Å²) in [5.41, 5.74) is 2.42. The summed E-state index contributed by atoms with van der Waals surface area (Å²) < 4.78 is 0. The molecule has 0 aliphatic carbocycles. The lowest BCUT2D eigenvalue weighted by Crippen LogP contribution is -1.92. The van der Waals surface area contributed by atoms with Crippen molar-refractivity contribution in [2.45, 2.75) is 6.92 Å². The van der Waals surface area contributed by atoms with Crippen LogP contribution < -0.4 is 0 Å². The topological polar surface area (TPSA) is 36.7 Å². The predicted molar refractivity (Wildman–Crippen MR) is 54.2 cm³/mol. The molecule has 2 heteroatoms. The molecule has 13 heavy (non-hydrogen) atoms. The highest BCUT2D eigenvalue weighted by Gasteiger charge is 1.97. The van der Waals surface area contributed by atoms with Crippen molar-refractivity contribution in [1.29, 1.82) is 5.41 Å². The number of rotatable bonds is 1. The van der Waals surface area contributed by atoms with Gasteiger partial charge in [-0.25, -0.2) is 0 Å². The monoisotopic (exact) mass is 170 g/mol. The average molecular weight is 170 g/mol. The molecule has 1 N–H and O–H groups in total. The van der Waals surface area contributed by atoms with Gasteiger partial charge in [0.25, 0.3) is 0 Å². The van der Waals surface area contributed by atoms with Crippen molar-refractivity contribution in [2.75, 3.05) is 0 Å². The van der Waals surface area contributed by atoms with E-state index in [1.54, 1.807) is 13.1 Å². The Hall–Kier alpha value is -1.70. The van der Waals surface area contributed by atoms with Crippen molar-refractivity contribution < 1.29 is 0 Å². The van der Waals surface area contributed by atoms with Crippen molar-refractivity contribution >= 4 is 16.6 Å². The zero-order valence-corrected chi connectivity index (χ0v) is 7.41. The summed E-state index contributed by atoms with van der Waals surface area (Å²) in [4.78, 5) is 4.26. The van der Waals surface area contributed by atoms with Crippen LogP contribution in [0.4, 0.5) is 0 Å². The number of hydrogen-bond acceptors (Lipinski definition) is 2. The molecule has 64 valence electrons. The first-order chi connectivity index (χ1) is 6.27. The van der Waals surface area contributed by atoms with Crippen molar-refractivity contribution in [2.24, 2.45) is 0 Å². The summed E-state index contributed by atoms with van der Waals surface area (Å²) >= 11 is 0. The zero-order chi connectivity index (χ0) is 9.26. The van der Waals surface area contributed by atoms with E-state index in [0.29, 0.717) is 5.71 Å². The fourth-order valence-corrected chi connectivity index (χ4v) is 1.28. The maximum Gasteiger partial charge on any atom is 0.0702 e. The van der Waals surface area contributed by atoms with Crippen LogP contribution in [0.3, 0.4) is 0 Å². The highest BCUT2D eigenvalue weighted by molar-refractivity contribution is 5.98. The second-order valence-corrected chi connectivity index (χ2v) is 3.04. The Balaban J connectivity index is 2.69. The van der Waals surface area contributed by atoms with E-state index in [4.69, 9.17) is 5.41 Å². The lowest BCUT2D eigenvalue weighted by atomic mass is 10.1. The van der Waals surface area contributed by atoms with Gasteiger partial charge in [-0.15, -0.1) is 0 Å². The number of nitrogens with one attached hydrogen (secondary N) is 1. The van der Waals surface area contributed by atoms with Gasteiger partial charge in [0.2, 0.25) is 0 Å². The molecule has 0 saturated carbocycles. The second kappa shape index (κ2) is 2.98. The van der Waals surface area contributed by atoms with Crippen molar-refractivity contribution in [3.8, 4) is 0 Å². The summed E-state index contributed by atoms with van der Waals surface area (Å²) in [7, 11) is 0. The fourth-order valence-electron chi connectivity index (χ4n) is 1.28. The summed E-state index contributed by atoms with van der Waals surface area (Å²) in [6.07, 6.45) is 1.74. The minimum Gasteiger partial charge on any atom is -0.305 e. The van der Waals surface area contributed by atoms with Crippen LogP contribution in [-0.4, -0.2) is 10.7 Å². The number of hydrogen-bond donors (Lipinski definition) is 1. The van der Waals surface area contributed by atoms with Crippen LogP contribution >= 0.6 is 0 Å². The molecule has 0 amide bonds. The summed E-state index contributed by atoms with van der Waals surface area (Å²) in [6.45, 7) is 1.77. The van der Waals surface area contributed by atoms with E-state index >= 15 is 0 Å². The molecule has 1 aromatic carbocycles. The van der Waals surface area contributed by atoms with Crippen LogP contribution in [0, 0.1) is 5.41 Å². The molecule has 0 radical (unpaired) electrons. The van der Waals surface area contributed by atoms with E-state index in [9.17, 15) is 0 Å². The Bertz CT molecular complexity index is 460. The number of para-hydroxylation sites is 1. The normalized spacial score (nSPS) is 10.2. The lowest BCUT2D eigenvalue weighted by Gasteiger charge is -1.99. The maximum atomic E-state index is 7.47. The van der Waals surface area contributed by atoms with E-state index in [-0.39, 0.29) is 0 Å². The number of benzene rings is 1. The first-order valence-electron chi connectivity index (χ1n) is 4.18. The minimum atomic E-state index is 0.554. The predicted octanol–water partition coefficient (Wildman–Crippen LogP) is 2.62. The van der Waals surface area contributed by atoms with Gasteiger partial charge in [-0.1, -0.05) is 18.2 Å². The quantitative estimate of drug-likeness (QED) is 0.656. The SMILES string of the molecule is CC(=N)c1cnc2ccccc2c1. The van der Waals surface area contributed by atoms with E-state index < -0.39 is 0 Å². The third kappa shape index (κ3) is 1.43. The maximum absolute atomic E-state index is 7.47. The molecular weight excluding hydrogens is 160 g/mol. The largest absolute Gasteiger partial charge is 0.305 e. The molecule has 0 unspecified atom stereocenters. The van der Waals surface area contributed by atoms with Crippen LogP contribution in [0.2, 0.25) is 0 Å². The van der Waals surface area contributed by atoms with Crippen LogP contribution in [-0.2, 0) is 0 Å². The Morgan fingerprint density at radius 1 is 1.31 bits per heavy atom. The van der Waals surface area contributed by atoms with Crippen molar-refractivity contribution in [3.63, 3.8) is 0 Å². The van der Waals surface area contributed by atoms with Crippen LogP contribution in [0.1, 0.15) is 12.5 Å². The molecule has 2 aromatic rings. The Labute approximate surface area is 76.7 Å². The first kappa shape index (κ1) is 7.92. The molecule has 0 atom stereocenters. The molecule has 0 fully saturated rings. The van der Waals surface area contributed by atoms with Crippen LogP contribution in [0.5, 0.6) is 0 Å². The van der Waals surface area contributed by atoms with E-state index in [1.165, 1.54) is 0 Å². The Morgan fingerprint density at radius 3 is 2.85 bits per heavy atom. The van der Waals surface area contributed by atoms with Crippen LogP contribution in [0.15, 0.2) is 36.5 Å². The summed E-state index contributed by atoms with van der Waals surface area (Å²) in [5.74, 6) is 0. The van der Waals surface area contributed by atoms with E-state index in [0.717, 1.165) is 16.5 Å². The standard InChI is InChI=1S/C11H10N2/c1-8(12)10-6-9-4-2-3-5-11(9)13-7-10/h2-7,12H,1H3. The van der Waals surface area contributed by atoms with Gasteiger partial charge in [0.15, 0.2) is 0 Å². The molecule has 0 saturated heterocycles. The number of pyridine rings is 1. The molecular formula is C11H10N2. The summed E-state index contributed by atoms with van der Waals surface area (Å²) in [6, 6.07) is 9.91. The van der Waals surface area contributed by atoms with Gasteiger partial charge < -0.3 is 5.41 Å². The molecule has 2 rings (SSSR count). The Kier molecular flexibility index (Phi) is 1.81. The molecule has 2 nitrogen and oxygen atoms in total. The minimum absolute atomic E-state index is 0.554. The smallest absolute Gasteiger partial charge is 0.0702 e. The molecule has 1 aromatic heterocycles. The highest BCUT2D eigenvalue weighted by atomic mass is 14.7. The molecule has 0 aliphatic heterocycles.